The van der Waals surface area contributed by atoms with Crippen molar-refractivity contribution in [2.75, 3.05) is 37.4 Å². The van der Waals surface area contributed by atoms with E-state index in [9.17, 15) is 18.4 Å². The average Bonchev–Trinajstić information content (AvgIpc) is 2.57. The maximum absolute atomic E-state index is 11.2. The molecule has 0 aliphatic carbocycles. The molecule has 0 bridgehead atoms. The van der Waals surface area contributed by atoms with E-state index < -0.39 is 20.1 Å². The zero-order valence-electron chi connectivity index (χ0n) is 14.3. The first-order chi connectivity index (χ1) is 12.2. The number of anilines is 1. The molecule has 0 radical (unpaired) electrons. The second-order valence-corrected chi connectivity index (χ2v) is 9.10. The molecule has 0 spiro atoms. The van der Waals surface area contributed by atoms with Crippen molar-refractivity contribution >= 4 is 48.7 Å². The van der Waals surface area contributed by atoms with Gasteiger partial charge in [-0.3, -0.25) is 4.79 Å². The minimum atomic E-state index is -5.14. The summed E-state index contributed by atoms with van der Waals surface area (Å²) in [6.07, 6.45) is 0.545. The summed E-state index contributed by atoms with van der Waals surface area (Å²) >= 11 is -1.14. The summed E-state index contributed by atoms with van der Waals surface area (Å²) in [6, 6.07) is 3.71. The molecule has 4 N–H and O–H groups in total. The second-order valence-electron chi connectivity index (χ2n) is 5.36. The van der Waals surface area contributed by atoms with Crippen LogP contribution in [0.2, 0.25) is 0 Å². The number of phenolic OH excluding ortho intramolecular Hbond substituents is 1. The molecule has 1 aromatic rings. The number of ether oxygens (including phenoxy) is 1. The standard InChI is InChI=1S/C8H10AsNO5.C7H13NO2S/c1-5(11)10-8-6(9(13,14)15)3-2-4-7(8)12;9-7(1-6-11)8-2-4-10-5-3-8/h2-4,12H,1H3,(H,10,11)(H2,13,14,15);11H,1-6H2. The van der Waals surface area contributed by atoms with Crippen LogP contribution in [-0.4, -0.2) is 76.2 Å². The van der Waals surface area contributed by atoms with Gasteiger partial charge in [-0.2, -0.15) is 12.6 Å². The van der Waals surface area contributed by atoms with Crippen LogP contribution in [-0.2, 0) is 18.1 Å². The number of benzene rings is 1. The van der Waals surface area contributed by atoms with E-state index in [2.05, 4.69) is 17.9 Å². The molecule has 0 aromatic heterocycles. The molecule has 2 amide bonds. The Bertz CT molecular complexity index is 674. The van der Waals surface area contributed by atoms with E-state index in [0.29, 0.717) is 25.4 Å². The molecule has 1 saturated heterocycles. The number of nitrogens with zero attached hydrogens (tertiary/aromatic N) is 1. The number of morpholine rings is 1. The van der Waals surface area contributed by atoms with Crippen molar-refractivity contribution in [2.24, 2.45) is 0 Å². The Morgan fingerprint density at radius 1 is 1.31 bits per heavy atom. The van der Waals surface area contributed by atoms with Crippen molar-refractivity contribution < 1.29 is 31.4 Å². The van der Waals surface area contributed by atoms with Gasteiger partial charge in [-0.05, 0) is 5.75 Å². The fraction of sp³-hybridized carbons (Fsp3) is 0.467. The first-order valence-electron chi connectivity index (χ1n) is 7.79. The Kier molecular flexibility index (Phi) is 9.24. The Hall–Kier alpha value is -1.45. The van der Waals surface area contributed by atoms with Gasteiger partial charge in [-0.25, -0.2) is 0 Å². The molecule has 1 aliphatic heterocycles. The van der Waals surface area contributed by atoms with Crippen LogP contribution in [0.1, 0.15) is 13.3 Å². The number of carbonyl (C=O) groups excluding carboxylic acids is 2. The summed E-state index contributed by atoms with van der Waals surface area (Å²) in [5.74, 6) is -0.0478. The largest absolute Gasteiger partial charge is 0.378 e. The number of nitrogens with one attached hydrogen (secondary N) is 1. The van der Waals surface area contributed by atoms with Crippen molar-refractivity contribution in [3.05, 3.63) is 18.2 Å². The number of phenols is 1. The molecule has 1 aromatic carbocycles. The second kappa shape index (κ2) is 10.6. The van der Waals surface area contributed by atoms with Gasteiger partial charge in [-0.15, -0.1) is 0 Å². The molecule has 0 saturated carbocycles. The summed E-state index contributed by atoms with van der Waals surface area (Å²) in [6.45, 7) is 4.03. The minimum absolute atomic E-state index is 0.198. The summed E-state index contributed by atoms with van der Waals surface area (Å²) in [5, 5.41) is 11.5. The van der Waals surface area contributed by atoms with E-state index >= 15 is 0 Å². The van der Waals surface area contributed by atoms with Crippen LogP contribution in [0.3, 0.4) is 0 Å². The van der Waals surface area contributed by atoms with E-state index in [1.54, 1.807) is 0 Å². The van der Waals surface area contributed by atoms with E-state index in [0.717, 1.165) is 13.1 Å². The number of amides is 2. The molecular weight excluding hydrogens is 427 g/mol. The van der Waals surface area contributed by atoms with Crippen molar-refractivity contribution in [1.82, 2.24) is 4.90 Å². The van der Waals surface area contributed by atoms with Crippen LogP contribution in [0.4, 0.5) is 5.69 Å². The third-order valence-electron chi connectivity index (χ3n) is 3.32. The Labute approximate surface area is 159 Å². The smallest absolute Gasteiger partial charge is 0.223 e. The topological polar surface area (TPSA) is 136 Å². The van der Waals surface area contributed by atoms with Gasteiger partial charge in [-0.1, -0.05) is 0 Å². The van der Waals surface area contributed by atoms with Gasteiger partial charge in [0.05, 0.1) is 13.2 Å². The first-order valence-corrected chi connectivity index (χ1v) is 11.8. The number of hydrogen-bond acceptors (Lipinski definition) is 6. The van der Waals surface area contributed by atoms with Gasteiger partial charge in [0.25, 0.3) is 0 Å². The number of rotatable bonds is 4. The molecule has 2 rings (SSSR count). The summed E-state index contributed by atoms with van der Waals surface area (Å²) in [5.41, 5.74) is -0.225. The molecule has 1 aliphatic rings. The van der Waals surface area contributed by atoms with Gasteiger partial charge in [0.1, 0.15) is 0 Å². The third kappa shape index (κ3) is 7.43. The Morgan fingerprint density at radius 2 is 1.92 bits per heavy atom. The predicted octanol–water partition coefficient (Wildman–Crippen LogP) is -0.923. The van der Waals surface area contributed by atoms with Gasteiger partial charge < -0.3 is 9.64 Å². The average molecular weight is 450 g/mol. The molecule has 1 heterocycles. The maximum Gasteiger partial charge on any atom is 0.223 e. The summed E-state index contributed by atoms with van der Waals surface area (Å²) < 4.78 is 33.9. The fourth-order valence-corrected chi connectivity index (χ4v) is 3.89. The molecule has 0 unspecified atom stereocenters. The summed E-state index contributed by atoms with van der Waals surface area (Å²) in [4.78, 5) is 23.8. The number of carbonyl (C=O) groups is 2. The van der Waals surface area contributed by atoms with Crippen LogP contribution in [0.15, 0.2) is 18.2 Å². The van der Waals surface area contributed by atoms with Crippen molar-refractivity contribution in [2.45, 2.75) is 13.3 Å². The van der Waals surface area contributed by atoms with Crippen LogP contribution >= 0.6 is 12.6 Å². The minimum Gasteiger partial charge on any atom is -0.378 e. The summed E-state index contributed by atoms with van der Waals surface area (Å²) in [7, 11) is 0. The number of para-hydroxylation sites is 1. The zero-order valence-corrected chi connectivity index (χ0v) is 17.1. The Morgan fingerprint density at radius 3 is 2.42 bits per heavy atom. The van der Waals surface area contributed by atoms with Gasteiger partial charge in [0.2, 0.25) is 5.91 Å². The number of aromatic hydroxyl groups is 1. The van der Waals surface area contributed by atoms with Gasteiger partial charge >= 0.3 is 88.1 Å². The quantitative estimate of drug-likeness (QED) is 0.227. The van der Waals surface area contributed by atoms with Crippen molar-refractivity contribution in [1.29, 1.82) is 0 Å². The molecule has 146 valence electrons. The molecule has 9 nitrogen and oxygen atoms in total. The maximum atomic E-state index is 11.2. The van der Waals surface area contributed by atoms with Crippen LogP contribution in [0.25, 0.3) is 0 Å². The van der Waals surface area contributed by atoms with E-state index in [1.807, 2.05) is 4.90 Å². The predicted molar refractivity (Wildman–Crippen MR) is 98.8 cm³/mol. The molecule has 11 heteroatoms. The molecule has 1 fully saturated rings. The van der Waals surface area contributed by atoms with Gasteiger partial charge in [0, 0.05) is 19.5 Å². The zero-order chi connectivity index (χ0) is 19.7. The van der Waals surface area contributed by atoms with E-state index in [-0.39, 0.29) is 21.7 Å². The van der Waals surface area contributed by atoms with Crippen LogP contribution in [0, 0.1) is 0 Å². The first kappa shape index (κ1) is 22.6. The number of thiol groups is 1. The van der Waals surface area contributed by atoms with E-state index in [1.165, 1.54) is 25.1 Å². The SMILES string of the molecule is CC(=O)Nc1c(O)cccc1[As](=O)(O)O.O=C(CCS)N1CCOCC1. The molecule has 26 heavy (non-hydrogen) atoms. The third-order valence-corrected chi connectivity index (χ3v) is 5.65. The van der Waals surface area contributed by atoms with Crippen LogP contribution < -0.4 is 9.67 Å². The number of hydrogen-bond donors (Lipinski definition) is 5. The van der Waals surface area contributed by atoms with Crippen LogP contribution in [0.5, 0.6) is 5.75 Å². The molecular formula is C15H23AsN2O7S. The normalized spacial score (nSPS) is 14.2. The monoisotopic (exact) mass is 450 g/mol. The van der Waals surface area contributed by atoms with Crippen molar-refractivity contribution in [3.63, 3.8) is 0 Å². The van der Waals surface area contributed by atoms with Gasteiger partial charge in [0.15, 0.2) is 0 Å². The fourth-order valence-electron chi connectivity index (χ4n) is 2.14. The van der Waals surface area contributed by atoms with E-state index in [4.69, 9.17) is 12.9 Å². The Balaban J connectivity index is 0.000000273. The van der Waals surface area contributed by atoms with Crippen molar-refractivity contribution in [3.8, 4) is 5.75 Å². The molecule has 0 atom stereocenters.